The van der Waals surface area contributed by atoms with E-state index in [0.29, 0.717) is 0 Å². The van der Waals surface area contributed by atoms with E-state index in [-0.39, 0.29) is 22.4 Å². The molecule has 0 bridgehead atoms. The van der Waals surface area contributed by atoms with Gasteiger partial charge < -0.3 is 20.0 Å². The second-order valence-electron chi connectivity index (χ2n) is 4.32. The highest BCUT2D eigenvalue weighted by molar-refractivity contribution is 6.12. The summed E-state index contributed by atoms with van der Waals surface area (Å²) < 4.78 is 4.63. The topological polar surface area (TPSA) is 95.5 Å². The van der Waals surface area contributed by atoms with Gasteiger partial charge in [-0.25, -0.2) is 4.79 Å². The van der Waals surface area contributed by atoms with Gasteiger partial charge in [0, 0.05) is 11.1 Å². The second kappa shape index (κ2) is 6.53. The zero-order valence-corrected chi connectivity index (χ0v) is 11.7. The molecule has 0 aromatic heterocycles. The van der Waals surface area contributed by atoms with Gasteiger partial charge in [-0.05, 0) is 18.2 Å². The van der Waals surface area contributed by atoms with Crippen molar-refractivity contribution in [1.82, 2.24) is 0 Å². The van der Waals surface area contributed by atoms with E-state index < -0.39 is 17.8 Å². The number of hydrogen-bond donors (Lipinski definition) is 1. The van der Waals surface area contributed by atoms with Gasteiger partial charge in [0.2, 0.25) is 0 Å². The maximum Gasteiger partial charge on any atom is 0.339 e. The number of amides is 1. The lowest BCUT2D eigenvalue weighted by Gasteiger charge is -2.12. The van der Waals surface area contributed by atoms with Crippen molar-refractivity contribution >= 4 is 23.5 Å². The zero-order valence-electron chi connectivity index (χ0n) is 11.7. The van der Waals surface area contributed by atoms with Crippen LogP contribution in [0.4, 0.5) is 5.69 Å². The Morgan fingerprint density at radius 3 is 2.05 bits per heavy atom. The predicted octanol–water partition coefficient (Wildman–Crippen LogP) is 1.09. The van der Waals surface area contributed by atoms with Crippen molar-refractivity contribution < 1.29 is 24.2 Å². The van der Waals surface area contributed by atoms with Gasteiger partial charge in [0.15, 0.2) is 0 Å². The SMILES string of the molecule is COC(=O)c1ccccc1NC(=O)c1ccccc1C(=O)[O-]. The summed E-state index contributed by atoms with van der Waals surface area (Å²) >= 11 is 0. The zero-order chi connectivity index (χ0) is 16.1. The number of ether oxygens (including phenoxy) is 1. The Bertz CT molecular complexity index is 739. The molecule has 0 aliphatic rings. The van der Waals surface area contributed by atoms with Crippen LogP contribution in [0.1, 0.15) is 31.1 Å². The highest BCUT2D eigenvalue weighted by Crippen LogP contribution is 2.18. The minimum atomic E-state index is -1.45. The molecule has 1 N–H and O–H groups in total. The highest BCUT2D eigenvalue weighted by Gasteiger charge is 2.16. The number of anilines is 1. The number of carbonyl (C=O) groups is 3. The molecule has 112 valence electrons. The molecule has 0 spiro atoms. The van der Waals surface area contributed by atoms with Gasteiger partial charge in [-0.2, -0.15) is 0 Å². The average Bonchev–Trinajstić information content (AvgIpc) is 2.54. The van der Waals surface area contributed by atoms with Crippen molar-refractivity contribution in [1.29, 1.82) is 0 Å². The van der Waals surface area contributed by atoms with Gasteiger partial charge in [0.1, 0.15) is 0 Å². The van der Waals surface area contributed by atoms with Crippen LogP contribution in [0.15, 0.2) is 48.5 Å². The van der Waals surface area contributed by atoms with E-state index in [4.69, 9.17) is 0 Å². The smallest absolute Gasteiger partial charge is 0.339 e. The van der Waals surface area contributed by atoms with E-state index in [0.717, 1.165) is 0 Å². The molecule has 0 saturated carbocycles. The van der Waals surface area contributed by atoms with E-state index >= 15 is 0 Å². The third-order valence-electron chi connectivity index (χ3n) is 2.97. The van der Waals surface area contributed by atoms with Crippen molar-refractivity contribution in [2.75, 3.05) is 12.4 Å². The highest BCUT2D eigenvalue weighted by atomic mass is 16.5. The number of methoxy groups -OCH3 is 1. The van der Waals surface area contributed by atoms with Crippen molar-refractivity contribution in [3.8, 4) is 0 Å². The fourth-order valence-corrected chi connectivity index (χ4v) is 1.93. The summed E-state index contributed by atoms with van der Waals surface area (Å²) in [6, 6.07) is 11.9. The summed E-state index contributed by atoms with van der Waals surface area (Å²) in [4.78, 5) is 34.9. The standard InChI is InChI=1S/C16H13NO5/c1-22-16(21)12-8-4-5-9-13(12)17-14(18)10-6-2-3-7-11(10)15(19)20/h2-9H,1H3,(H,17,18)(H,19,20)/p-1. The van der Waals surface area contributed by atoms with Gasteiger partial charge in [-0.1, -0.05) is 30.3 Å². The van der Waals surface area contributed by atoms with E-state index in [1.807, 2.05) is 0 Å². The Labute approximate surface area is 126 Å². The molecule has 2 aromatic rings. The number of carboxylic acids is 1. The summed E-state index contributed by atoms with van der Waals surface area (Å²) in [5.41, 5.74) is 0.120. The molecule has 0 fully saturated rings. The van der Waals surface area contributed by atoms with E-state index in [1.54, 1.807) is 12.1 Å². The Kier molecular flexibility index (Phi) is 4.53. The lowest BCUT2D eigenvalue weighted by molar-refractivity contribution is -0.255. The van der Waals surface area contributed by atoms with Crippen LogP contribution in [0, 0.1) is 0 Å². The second-order valence-corrected chi connectivity index (χ2v) is 4.32. The number of hydrogen-bond acceptors (Lipinski definition) is 5. The van der Waals surface area contributed by atoms with Gasteiger partial charge in [0.25, 0.3) is 5.91 Å². The maximum atomic E-state index is 12.2. The first-order valence-corrected chi connectivity index (χ1v) is 6.33. The van der Waals surface area contributed by atoms with Gasteiger partial charge in [0.05, 0.1) is 24.3 Å². The lowest BCUT2D eigenvalue weighted by Crippen LogP contribution is -2.26. The predicted molar refractivity (Wildman–Crippen MR) is 76.5 cm³/mol. The van der Waals surface area contributed by atoms with Crippen molar-refractivity contribution in [2.45, 2.75) is 0 Å². The van der Waals surface area contributed by atoms with Crippen molar-refractivity contribution in [2.24, 2.45) is 0 Å². The number of nitrogens with one attached hydrogen (secondary N) is 1. The van der Waals surface area contributed by atoms with Gasteiger partial charge >= 0.3 is 5.97 Å². The molecule has 2 rings (SSSR count). The summed E-state index contributed by atoms with van der Waals surface area (Å²) in [5, 5.41) is 13.5. The van der Waals surface area contributed by atoms with Crippen molar-refractivity contribution in [3.05, 3.63) is 65.2 Å². The van der Waals surface area contributed by atoms with Crippen LogP contribution in [0.3, 0.4) is 0 Å². The molecule has 0 unspecified atom stereocenters. The molecule has 6 nitrogen and oxygen atoms in total. The number of para-hydroxylation sites is 1. The van der Waals surface area contributed by atoms with E-state index in [9.17, 15) is 19.5 Å². The van der Waals surface area contributed by atoms with Gasteiger partial charge in [-0.15, -0.1) is 0 Å². The molecule has 22 heavy (non-hydrogen) atoms. The van der Waals surface area contributed by atoms with Crippen LogP contribution in [0.2, 0.25) is 0 Å². The van der Waals surface area contributed by atoms with E-state index in [2.05, 4.69) is 10.1 Å². The minimum absolute atomic E-state index is 0.0535. The third-order valence-corrected chi connectivity index (χ3v) is 2.97. The average molecular weight is 298 g/mol. The maximum absolute atomic E-state index is 12.2. The van der Waals surface area contributed by atoms with Crippen LogP contribution in [-0.2, 0) is 4.74 Å². The fraction of sp³-hybridized carbons (Fsp3) is 0.0625. The first-order valence-electron chi connectivity index (χ1n) is 6.33. The van der Waals surface area contributed by atoms with Crippen LogP contribution in [-0.4, -0.2) is 25.0 Å². The largest absolute Gasteiger partial charge is 0.545 e. The molecule has 0 aliphatic heterocycles. The fourth-order valence-electron chi connectivity index (χ4n) is 1.93. The molecule has 0 aliphatic carbocycles. The van der Waals surface area contributed by atoms with Crippen molar-refractivity contribution in [3.63, 3.8) is 0 Å². The third kappa shape index (κ3) is 3.12. The van der Waals surface area contributed by atoms with Crippen LogP contribution < -0.4 is 10.4 Å². The molecule has 0 heterocycles. The Balaban J connectivity index is 2.35. The Morgan fingerprint density at radius 1 is 0.909 bits per heavy atom. The van der Waals surface area contributed by atoms with Crippen LogP contribution in [0.25, 0.3) is 0 Å². The first-order chi connectivity index (χ1) is 10.5. The number of esters is 1. The summed E-state index contributed by atoms with van der Waals surface area (Å²) in [5.74, 6) is -2.72. The summed E-state index contributed by atoms with van der Waals surface area (Å²) in [7, 11) is 1.23. The molecule has 0 atom stereocenters. The lowest BCUT2D eigenvalue weighted by atomic mass is 10.1. The summed E-state index contributed by atoms with van der Waals surface area (Å²) in [6.07, 6.45) is 0. The number of aromatic carboxylic acids is 1. The van der Waals surface area contributed by atoms with Crippen LogP contribution >= 0.6 is 0 Å². The molecule has 6 heteroatoms. The number of carboxylic acid groups (broad SMARTS) is 1. The number of benzene rings is 2. The van der Waals surface area contributed by atoms with Gasteiger partial charge in [-0.3, -0.25) is 4.79 Å². The van der Waals surface area contributed by atoms with Crippen LogP contribution in [0.5, 0.6) is 0 Å². The molecule has 0 saturated heterocycles. The molecular formula is C16H12NO5-. The number of rotatable bonds is 4. The minimum Gasteiger partial charge on any atom is -0.545 e. The first kappa shape index (κ1) is 15.2. The monoisotopic (exact) mass is 298 g/mol. The Morgan fingerprint density at radius 2 is 1.45 bits per heavy atom. The molecule has 2 aromatic carbocycles. The summed E-state index contributed by atoms with van der Waals surface area (Å²) in [6.45, 7) is 0. The molecule has 1 amide bonds. The quantitative estimate of drug-likeness (QED) is 0.852. The normalized spacial score (nSPS) is 9.86. The number of carbonyl (C=O) groups excluding carboxylic acids is 3. The van der Waals surface area contributed by atoms with E-state index in [1.165, 1.54) is 43.5 Å². The molecule has 0 radical (unpaired) electrons. The molecular weight excluding hydrogens is 286 g/mol. The Hall–Kier alpha value is -3.15.